The normalized spacial score (nSPS) is 10.0. The van der Waals surface area contributed by atoms with Gasteiger partial charge in [0, 0.05) is 6.42 Å². The zero-order valence-corrected chi connectivity index (χ0v) is 9.86. The first kappa shape index (κ1) is 12.2. The summed E-state index contributed by atoms with van der Waals surface area (Å²) in [5.41, 5.74) is 1.04. The molecule has 0 aromatic carbocycles. The van der Waals surface area contributed by atoms with Crippen molar-refractivity contribution < 1.29 is 14.3 Å². The van der Waals surface area contributed by atoms with E-state index in [-0.39, 0.29) is 11.2 Å². The van der Waals surface area contributed by atoms with E-state index in [2.05, 4.69) is 4.74 Å². The van der Waals surface area contributed by atoms with Crippen LogP contribution in [0.5, 0.6) is 0 Å². The van der Waals surface area contributed by atoms with Crippen LogP contribution in [0.25, 0.3) is 0 Å². The van der Waals surface area contributed by atoms with E-state index in [1.807, 2.05) is 5.38 Å². The topological polar surface area (TPSA) is 43.4 Å². The minimum atomic E-state index is -0.321. The molecule has 0 saturated heterocycles. The lowest BCUT2D eigenvalue weighted by Gasteiger charge is -1.94. The highest BCUT2D eigenvalue weighted by Crippen LogP contribution is 2.17. The van der Waals surface area contributed by atoms with Gasteiger partial charge in [0.05, 0.1) is 7.11 Å². The molecule has 1 aromatic heterocycles. The van der Waals surface area contributed by atoms with Crippen LogP contribution in [0, 0.1) is 0 Å². The molecule has 3 nitrogen and oxygen atoms in total. The van der Waals surface area contributed by atoms with Gasteiger partial charge in [-0.2, -0.15) is 0 Å². The molecule has 0 unspecified atom stereocenters. The van der Waals surface area contributed by atoms with Crippen LogP contribution in [0.3, 0.4) is 0 Å². The maximum atomic E-state index is 11.1. The van der Waals surface area contributed by atoms with Crippen molar-refractivity contribution in [2.24, 2.45) is 0 Å². The summed E-state index contributed by atoms with van der Waals surface area (Å²) in [7, 11) is 1.36. The van der Waals surface area contributed by atoms with Crippen LogP contribution in [0.15, 0.2) is 11.4 Å². The molecule has 5 heteroatoms. The SMILES string of the molecule is COC(=O)c1cc(CCCC(=O)Cl)cs1. The number of carbonyl (C=O) groups is 2. The number of hydrogen-bond donors (Lipinski definition) is 0. The van der Waals surface area contributed by atoms with Gasteiger partial charge in [-0.25, -0.2) is 4.79 Å². The van der Waals surface area contributed by atoms with Gasteiger partial charge in [-0.15, -0.1) is 11.3 Å². The number of thiophene rings is 1. The first-order chi connectivity index (χ1) is 7.13. The summed E-state index contributed by atoms with van der Waals surface area (Å²) in [4.78, 5) is 22.2. The molecule has 0 aliphatic heterocycles. The van der Waals surface area contributed by atoms with Crippen molar-refractivity contribution in [3.8, 4) is 0 Å². The van der Waals surface area contributed by atoms with E-state index >= 15 is 0 Å². The second kappa shape index (κ2) is 5.88. The molecule has 0 spiro atoms. The van der Waals surface area contributed by atoms with Crippen molar-refractivity contribution in [3.05, 3.63) is 21.9 Å². The van der Waals surface area contributed by atoms with Crippen molar-refractivity contribution in [2.45, 2.75) is 19.3 Å². The molecule has 1 heterocycles. The van der Waals surface area contributed by atoms with Gasteiger partial charge >= 0.3 is 5.97 Å². The molecular formula is C10H11ClO3S. The van der Waals surface area contributed by atoms with Gasteiger partial charge < -0.3 is 4.74 Å². The minimum absolute atomic E-state index is 0.320. The second-order valence-electron chi connectivity index (χ2n) is 3.02. The van der Waals surface area contributed by atoms with Gasteiger partial charge in [-0.1, -0.05) is 0 Å². The third-order valence-corrected chi connectivity index (χ3v) is 3.03. The second-order valence-corrected chi connectivity index (χ2v) is 4.35. The van der Waals surface area contributed by atoms with Crippen LogP contribution in [-0.4, -0.2) is 18.3 Å². The Bertz CT molecular complexity index is 359. The monoisotopic (exact) mass is 246 g/mol. The minimum Gasteiger partial charge on any atom is -0.465 e. The molecule has 0 aliphatic carbocycles. The molecule has 0 radical (unpaired) electrons. The lowest BCUT2D eigenvalue weighted by Crippen LogP contribution is -1.97. The summed E-state index contributed by atoms with van der Waals surface area (Å²) >= 11 is 6.56. The maximum absolute atomic E-state index is 11.1. The molecule has 0 saturated carbocycles. The first-order valence-corrected chi connectivity index (χ1v) is 5.73. The van der Waals surface area contributed by atoms with E-state index < -0.39 is 0 Å². The zero-order valence-electron chi connectivity index (χ0n) is 8.29. The Balaban J connectivity index is 2.46. The molecule has 0 amide bonds. The van der Waals surface area contributed by atoms with E-state index in [9.17, 15) is 9.59 Å². The fourth-order valence-electron chi connectivity index (χ4n) is 1.15. The molecular weight excluding hydrogens is 236 g/mol. The summed E-state index contributed by atoms with van der Waals surface area (Å²) in [6.45, 7) is 0. The molecule has 82 valence electrons. The van der Waals surface area contributed by atoms with Crippen molar-refractivity contribution >= 4 is 34.1 Å². The Hall–Kier alpha value is -0.870. The molecule has 0 bridgehead atoms. The number of rotatable bonds is 5. The van der Waals surface area contributed by atoms with Gasteiger partial charge in [0.2, 0.25) is 5.24 Å². The Morgan fingerprint density at radius 2 is 2.27 bits per heavy atom. The van der Waals surface area contributed by atoms with Crippen LogP contribution in [0.4, 0.5) is 0 Å². The summed E-state index contributed by atoms with van der Waals surface area (Å²) in [5, 5.41) is 1.57. The summed E-state index contributed by atoms with van der Waals surface area (Å²) < 4.78 is 4.59. The van der Waals surface area contributed by atoms with Crippen LogP contribution in [0.1, 0.15) is 28.1 Å². The van der Waals surface area contributed by atoms with Gasteiger partial charge in [0.1, 0.15) is 4.88 Å². The number of methoxy groups -OCH3 is 1. The van der Waals surface area contributed by atoms with E-state index in [4.69, 9.17) is 11.6 Å². The quantitative estimate of drug-likeness (QED) is 0.593. The molecule has 0 N–H and O–H groups in total. The van der Waals surface area contributed by atoms with Crippen molar-refractivity contribution in [1.29, 1.82) is 0 Å². The van der Waals surface area contributed by atoms with Gasteiger partial charge in [-0.05, 0) is 41.5 Å². The predicted octanol–water partition coefficient (Wildman–Crippen LogP) is 2.62. The van der Waals surface area contributed by atoms with E-state index in [1.54, 1.807) is 6.07 Å². The fraction of sp³-hybridized carbons (Fsp3) is 0.400. The number of hydrogen-bond acceptors (Lipinski definition) is 4. The molecule has 0 fully saturated rings. The zero-order chi connectivity index (χ0) is 11.3. The van der Waals surface area contributed by atoms with Crippen LogP contribution >= 0.6 is 22.9 Å². The number of esters is 1. The van der Waals surface area contributed by atoms with Crippen LogP contribution in [0.2, 0.25) is 0 Å². The number of aryl methyl sites for hydroxylation is 1. The molecule has 1 aromatic rings. The van der Waals surface area contributed by atoms with Crippen molar-refractivity contribution in [2.75, 3.05) is 7.11 Å². The number of ether oxygens (including phenoxy) is 1. The van der Waals surface area contributed by atoms with E-state index in [0.717, 1.165) is 12.0 Å². The summed E-state index contributed by atoms with van der Waals surface area (Å²) in [6, 6.07) is 1.79. The average molecular weight is 247 g/mol. The maximum Gasteiger partial charge on any atom is 0.348 e. The van der Waals surface area contributed by atoms with Crippen molar-refractivity contribution in [3.63, 3.8) is 0 Å². The number of carbonyl (C=O) groups excluding carboxylic acids is 2. The number of halogens is 1. The van der Waals surface area contributed by atoms with Crippen LogP contribution < -0.4 is 0 Å². The summed E-state index contributed by atoms with van der Waals surface area (Å²) in [5.74, 6) is -0.320. The van der Waals surface area contributed by atoms with Crippen LogP contribution in [-0.2, 0) is 16.0 Å². The molecule has 0 aliphatic rings. The highest BCUT2D eigenvalue weighted by atomic mass is 35.5. The summed E-state index contributed by atoms with van der Waals surface area (Å²) in [6.07, 6.45) is 1.83. The third kappa shape index (κ3) is 4.01. The Kier molecular flexibility index (Phi) is 4.78. The average Bonchev–Trinajstić information content (AvgIpc) is 2.65. The Morgan fingerprint density at radius 3 is 2.87 bits per heavy atom. The third-order valence-electron chi connectivity index (χ3n) is 1.88. The predicted molar refractivity (Wildman–Crippen MR) is 59.5 cm³/mol. The fourth-order valence-corrected chi connectivity index (χ4v) is 2.14. The van der Waals surface area contributed by atoms with E-state index in [0.29, 0.717) is 17.7 Å². The Morgan fingerprint density at radius 1 is 1.53 bits per heavy atom. The molecule has 0 atom stereocenters. The highest BCUT2D eigenvalue weighted by Gasteiger charge is 2.08. The molecule has 1 rings (SSSR count). The largest absolute Gasteiger partial charge is 0.465 e. The standard InChI is InChI=1S/C10H11ClO3S/c1-14-10(13)8-5-7(6-15-8)3-2-4-9(11)12/h5-6H,2-4H2,1H3. The molecule has 15 heavy (non-hydrogen) atoms. The van der Waals surface area contributed by atoms with Crippen molar-refractivity contribution in [1.82, 2.24) is 0 Å². The van der Waals surface area contributed by atoms with Gasteiger partial charge in [-0.3, -0.25) is 4.79 Å². The lowest BCUT2D eigenvalue weighted by molar-refractivity contribution is -0.111. The smallest absolute Gasteiger partial charge is 0.348 e. The Labute approximate surface area is 97.0 Å². The van der Waals surface area contributed by atoms with E-state index in [1.165, 1.54) is 18.4 Å². The van der Waals surface area contributed by atoms with Gasteiger partial charge in [0.25, 0.3) is 0 Å². The first-order valence-electron chi connectivity index (χ1n) is 4.47. The van der Waals surface area contributed by atoms with Gasteiger partial charge in [0.15, 0.2) is 0 Å². The lowest BCUT2D eigenvalue weighted by atomic mass is 10.1. The highest BCUT2D eigenvalue weighted by molar-refractivity contribution is 7.12.